The summed E-state index contributed by atoms with van der Waals surface area (Å²) in [4.78, 5) is 12.4. The summed E-state index contributed by atoms with van der Waals surface area (Å²) >= 11 is 0. The Morgan fingerprint density at radius 2 is 1.81 bits per heavy atom. The molecule has 6 heteroatoms. The highest BCUT2D eigenvalue weighted by Gasteiger charge is 2.42. The van der Waals surface area contributed by atoms with E-state index in [1.165, 1.54) is 0 Å². The molecule has 3 aliphatic rings. The van der Waals surface area contributed by atoms with Crippen molar-refractivity contribution in [2.45, 2.75) is 69.2 Å². The number of esters is 1. The van der Waals surface area contributed by atoms with Gasteiger partial charge in [0.2, 0.25) is 0 Å². The van der Waals surface area contributed by atoms with Crippen molar-refractivity contribution >= 4 is 5.97 Å². The zero-order chi connectivity index (χ0) is 18.5. The van der Waals surface area contributed by atoms with Crippen molar-refractivity contribution in [3.63, 3.8) is 0 Å². The normalized spacial score (nSPS) is 33.9. The average Bonchev–Trinajstić information content (AvgIpc) is 2.70. The molecule has 27 heavy (non-hydrogen) atoms. The molecule has 0 unspecified atom stereocenters. The number of carbonyl (C=O) groups excluding carboxylic acids is 1. The van der Waals surface area contributed by atoms with Crippen LogP contribution in [0.2, 0.25) is 0 Å². The Morgan fingerprint density at radius 3 is 2.70 bits per heavy atom. The van der Waals surface area contributed by atoms with Crippen molar-refractivity contribution in [1.82, 2.24) is 0 Å². The van der Waals surface area contributed by atoms with Crippen LogP contribution in [0.15, 0.2) is 30.3 Å². The highest BCUT2D eigenvalue weighted by molar-refractivity contribution is 5.75. The van der Waals surface area contributed by atoms with E-state index < -0.39 is 6.10 Å². The van der Waals surface area contributed by atoms with Crippen molar-refractivity contribution in [3.8, 4) is 0 Å². The predicted octanol–water partition coefficient (Wildman–Crippen LogP) is 2.63. The second kappa shape index (κ2) is 9.15. The quantitative estimate of drug-likeness (QED) is 0.712. The number of hydrogen-bond donors (Lipinski definition) is 0. The molecular weight excluding hydrogens is 348 g/mol. The van der Waals surface area contributed by atoms with Crippen LogP contribution in [0.4, 0.5) is 0 Å². The Labute approximate surface area is 160 Å². The van der Waals surface area contributed by atoms with Gasteiger partial charge in [0.15, 0.2) is 6.10 Å². The van der Waals surface area contributed by atoms with Gasteiger partial charge in [0, 0.05) is 19.6 Å². The van der Waals surface area contributed by atoms with Crippen molar-refractivity contribution in [3.05, 3.63) is 35.9 Å². The van der Waals surface area contributed by atoms with Gasteiger partial charge in [0.05, 0.1) is 25.4 Å². The molecule has 0 saturated carbocycles. The molecule has 1 aromatic rings. The lowest BCUT2D eigenvalue weighted by molar-refractivity contribution is -0.215. The first-order valence-electron chi connectivity index (χ1n) is 10.0. The summed E-state index contributed by atoms with van der Waals surface area (Å²) in [6.45, 7) is 2.41. The lowest BCUT2D eigenvalue weighted by atomic mass is 9.96. The Kier molecular flexibility index (Phi) is 6.39. The van der Waals surface area contributed by atoms with Crippen LogP contribution in [0.1, 0.15) is 37.7 Å². The molecule has 148 valence electrons. The fraction of sp³-hybridized carbons (Fsp3) is 0.667. The first kappa shape index (κ1) is 18.9. The molecule has 6 nitrogen and oxygen atoms in total. The highest BCUT2D eigenvalue weighted by atomic mass is 16.6. The fourth-order valence-electron chi connectivity index (χ4n) is 4.01. The first-order valence-corrected chi connectivity index (χ1v) is 10.0. The molecule has 0 spiro atoms. The second-order valence-electron chi connectivity index (χ2n) is 7.48. The summed E-state index contributed by atoms with van der Waals surface area (Å²) in [5, 5.41) is 0. The van der Waals surface area contributed by atoms with Crippen molar-refractivity contribution in [1.29, 1.82) is 0 Å². The lowest BCUT2D eigenvalue weighted by Crippen LogP contribution is -2.51. The van der Waals surface area contributed by atoms with Crippen LogP contribution in [0, 0.1) is 0 Å². The molecule has 3 saturated heterocycles. The maximum absolute atomic E-state index is 12.4. The monoisotopic (exact) mass is 376 g/mol. The molecule has 0 amide bonds. The zero-order valence-corrected chi connectivity index (χ0v) is 15.6. The van der Waals surface area contributed by atoms with Gasteiger partial charge in [0.1, 0.15) is 12.2 Å². The van der Waals surface area contributed by atoms with E-state index in [1.54, 1.807) is 0 Å². The third-order valence-electron chi connectivity index (χ3n) is 5.47. The minimum atomic E-state index is -0.576. The van der Waals surface area contributed by atoms with E-state index >= 15 is 0 Å². The van der Waals surface area contributed by atoms with Crippen LogP contribution in [-0.2, 0) is 35.1 Å². The van der Waals surface area contributed by atoms with E-state index in [4.69, 9.17) is 23.7 Å². The van der Waals surface area contributed by atoms with E-state index in [-0.39, 0.29) is 30.4 Å². The van der Waals surface area contributed by atoms with Gasteiger partial charge in [-0.3, -0.25) is 0 Å². The van der Waals surface area contributed by atoms with Crippen LogP contribution < -0.4 is 0 Å². The highest BCUT2D eigenvalue weighted by Crippen LogP contribution is 2.30. The molecule has 0 bridgehead atoms. The van der Waals surface area contributed by atoms with E-state index in [0.29, 0.717) is 26.2 Å². The summed E-state index contributed by atoms with van der Waals surface area (Å²) in [5.74, 6) is -0.267. The predicted molar refractivity (Wildman–Crippen MR) is 97.2 cm³/mol. The molecule has 0 N–H and O–H groups in total. The maximum atomic E-state index is 12.4. The number of carbonyl (C=O) groups is 1. The van der Waals surface area contributed by atoms with Crippen LogP contribution in [0.25, 0.3) is 0 Å². The number of rotatable bonds is 6. The Hall–Kier alpha value is -1.47. The molecule has 0 radical (unpaired) electrons. The molecule has 0 aromatic heterocycles. The summed E-state index contributed by atoms with van der Waals surface area (Å²) in [6, 6.07) is 10.1. The van der Waals surface area contributed by atoms with Crippen molar-refractivity contribution < 1.29 is 28.5 Å². The van der Waals surface area contributed by atoms with Crippen LogP contribution in [-0.4, -0.2) is 56.3 Å². The van der Waals surface area contributed by atoms with Crippen LogP contribution in [0.3, 0.4) is 0 Å². The van der Waals surface area contributed by atoms with Crippen LogP contribution >= 0.6 is 0 Å². The molecule has 4 rings (SSSR count). The number of fused-ring (bicyclic) bond motifs is 1. The van der Waals surface area contributed by atoms with Gasteiger partial charge in [-0.25, -0.2) is 4.79 Å². The van der Waals surface area contributed by atoms with Gasteiger partial charge in [-0.05, 0) is 31.2 Å². The van der Waals surface area contributed by atoms with Gasteiger partial charge in [-0.1, -0.05) is 30.3 Å². The van der Waals surface area contributed by atoms with Gasteiger partial charge in [0.25, 0.3) is 0 Å². The summed E-state index contributed by atoms with van der Waals surface area (Å²) < 4.78 is 29.2. The largest absolute Gasteiger partial charge is 0.458 e. The summed E-state index contributed by atoms with van der Waals surface area (Å²) in [6.07, 6.45) is 3.11. The number of hydrogen-bond acceptors (Lipinski definition) is 6. The third-order valence-corrected chi connectivity index (χ3v) is 5.47. The molecule has 0 aliphatic carbocycles. The van der Waals surface area contributed by atoms with Gasteiger partial charge >= 0.3 is 5.97 Å². The Balaban J connectivity index is 1.30. The Morgan fingerprint density at radius 1 is 1.00 bits per heavy atom. The molecule has 3 aliphatic heterocycles. The molecule has 1 aromatic carbocycles. The first-order chi connectivity index (χ1) is 13.3. The van der Waals surface area contributed by atoms with E-state index in [9.17, 15) is 4.79 Å². The zero-order valence-electron chi connectivity index (χ0n) is 15.6. The topological polar surface area (TPSA) is 63.2 Å². The average molecular weight is 376 g/mol. The van der Waals surface area contributed by atoms with Gasteiger partial charge in [-0.15, -0.1) is 0 Å². The molecule has 3 heterocycles. The molecular formula is C21H28O6. The third kappa shape index (κ3) is 4.88. The number of benzene rings is 1. The van der Waals surface area contributed by atoms with Gasteiger partial charge < -0.3 is 23.7 Å². The van der Waals surface area contributed by atoms with Crippen LogP contribution in [0.5, 0.6) is 0 Å². The SMILES string of the molecule is O=C1O[C@@H]2CCCO[C@H]2C[C@H]1O[C@H]1CCCO[C@@H]1COCc1ccccc1. The summed E-state index contributed by atoms with van der Waals surface area (Å²) in [5.41, 5.74) is 1.13. The Bertz CT molecular complexity index is 606. The minimum Gasteiger partial charge on any atom is -0.458 e. The van der Waals surface area contributed by atoms with E-state index in [2.05, 4.69) is 0 Å². The van der Waals surface area contributed by atoms with Gasteiger partial charge in [-0.2, -0.15) is 0 Å². The van der Waals surface area contributed by atoms with E-state index in [1.807, 2.05) is 30.3 Å². The standard InChI is InChI=1S/C21H28O6/c22-21-19(12-18-16(27-21)8-4-10-24-18)26-17-9-5-11-25-20(17)14-23-13-15-6-2-1-3-7-15/h1-3,6-7,16-20H,4-5,8-14H2/t16-,17+,18+,19-,20-/m1/s1. The maximum Gasteiger partial charge on any atom is 0.335 e. The smallest absolute Gasteiger partial charge is 0.335 e. The fourth-order valence-corrected chi connectivity index (χ4v) is 4.01. The van der Waals surface area contributed by atoms with Crippen molar-refractivity contribution in [2.24, 2.45) is 0 Å². The molecule has 3 fully saturated rings. The number of ether oxygens (including phenoxy) is 5. The molecule has 5 atom stereocenters. The van der Waals surface area contributed by atoms with Crippen molar-refractivity contribution in [2.75, 3.05) is 19.8 Å². The summed E-state index contributed by atoms with van der Waals surface area (Å²) in [7, 11) is 0. The van der Waals surface area contributed by atoms with E-state index in [0.717, 1.165) is 37.9 Å². The minimum absolute atomic E-state index is 0.0428. The lowest BCUT2D eigenvalue weighted by Gasteiger charge is -2.40. The second-order valence-corrected chi connectivity index (χ2v) is 7.48.